The highest BCUT2D eigenvalue weighted by Crippen LogP contribution is 2.40. The molecule has 2 atom stereocenters. The SMILES string of the molecule is CC1(C)C(O)CC1NC(=O)NCc1ccc(C(=O)O)cc1. The molecule has 6 heteroatoms. The molecule has 0 spiro atoms. The Hall–Kier alpha value is -2.08. The van der Waals surface area contributed by atoms with Crippen LogP contribution in [0.3, 0.4) is 0 Å². The lowest BCUT2D eigenvalue weighted by Gasteiger charge is -2.49. The van der Waals surface area contributed by atoms with Crippen LogP contribution < -0.4 is 10.6 Å². The standard InChI is InChI=1S/C15H20N2O4/c1-15(2)11(7-12(15)18)17-14(21)16-8-9-3-5-10(6-4-9)13(19)20/h3-6,11-12,18H,7-8H2,1-2H3,(H,19,20)(H2,16,17,21). The number of carbonyl (C=O) groups excluding carboxylic acids is 1. The smallest absolute Gasteiger partial charge is 0.335 e. The van der Waals surface area contributed by atoms with E-state index in [9.17, 15) is 14.7 Å². The van der Waals surface area contributed by atoms with Crippen molar-refractivity contribution in [3.8, 4) is 0 Å². The molecule has 2 unspecified atom stereocenters. The van der Waals surface area contributed by atoms with Crippen LogP contribution in [0.25, 0.3) is 0 Å². The zero-order valence-corrected chi connectivity index (χ0v) is 12.1. The molecular weight excluding hydrogens is 272 g/mol. The van der Waals surface area contributed by atoms with Crippen molar-refractivity contribution in [3.63, 3.8) is 0 Å². The fourth-order valence-corrected chi connectivity index (χ4v) is 2.30. The van der Waals surface area contributed by atoms with Gasteiger partial charge in [0.25, 0.3) is 0 Å². The second-order valence-electron chi connectivity index (χ2n) is 5.95. The van der Waals surface area contributed by atoms with E-state index in [0.717, 1.165) is 5.56 Å². The molecule has 1 aliphatic carbocycles. The van der Waals surface area contributed by atoms with Gasteiger partial charge in [0.15, 0.2) is 0 Å². The van der Waals surface area contributed by atoms with Crippen LogP contribution in [0.1, 0.15) is 36.2 Å². The highest BCUT2D eigenvalue weighted by molar-refractivity contribution is 5.87. The van der Waals surface area contributed by atoms with Crippen molar-refractivity contribution in [2.24, 2.45) is 5.41 Å². The van der Waals surface area contributed by atoms with E-state index in [2.05, 4.69) is 10.6 Å². The summed E-state index contributed by atoms with van der Waals surface area (Å²) in [6.45, 7) is 4.15. The van der Waals surface area contributed by atoms with Crippen LogP contribution in [0.2, 0.25) is 0 Å². The largest absolute Gasteiger partial charge is 0.478 e. The topological polar surface area (TPSA) is 98.7 Å². The normalized spacial score (nSPS) is 23.0. The van der Waals surface area contributed by atoms with Gasteiger partial charge in [-0.2, -0.15) is 0 Å². The Kier molecular flexibility index (Phi) is 4.18. The summed E-state index contributed by atoms with van der Waals surface area (Å²) >= 11 is 0. The number of rotatable bonds is 4. The van der Waals surface area contributed by atoms with Crippen molar-refractivity contribution in [1.82, 2.24) is 10.6 Å². The highest BCUT2D eigenvalue weighted by Gasteiger charge is 2.47. The predicted octanol–water partition coefficient (Wildman–Crippen LogP) is 1.34. The van der Waals surface area contributed by atoms with E-state index in [4.69, 9.17) is 5.11 Å². The zero-order valence-electron chi connectivity index (χ0n) is 12.1. The van der Waals surface area contributed by atoms with Crippen LogP contribution in [0.5, 0.6) is 0 Å². The van der Waals surface area contributed by atoms with Crippen LogP contribution in [0, 0.1) is 5.41 Å². The Labute approximate surface area is 123 Å². The third-order valence-corrected chi connectivity index (χ3v) is 4.18. The van der Waals surface area contributed by atoms with Crippen molar-refractivity contribution in [2.75, 3.05) is 0 Å². The minimum atomic E-state index is -0.974. The second-order valence-corrected chi connectivity index (χ2v) is 5.95. The third-order valence-electron chi connectivity index (χ3n) is 4.18. The lowest BCUT2D eigenvalue weighted by atomic mass is 9.65. The third kappa shape index (κ3) is 3.33. The van der Waals surface area contributed by atoms with E-state index in [-0.39, 0.29) is 29.2 Å². The number of aliphatic hydroxyl groups is 1. The molecule has 1 aromatic rings. The first-order chi connectivity index (χ1) is 9.80. The molecule has 1 aromatic carbocycles. The minimum Gasteiger partial charge on any atom is -0.478 e. The Bertz CT molecular complexity index is 539. The van der Waals surface area contributed by atoms with E-state index in [1.54, 1.807) is 12.1 Å². The molecule has 2 rings (SSSR count). The summed E-state index contributed by atoms with van der Waals surface area (Å²) in [5.41, 5.74) is 0.733. The van der Waals surface area contributed by atoms with Crippen molar-refractivity contribution in [2.45, 2.75) is 39.0 Å². The van der Waals surface area contributed by atoms with Crippen molar-refractivity contribution >= 4 is 12.0 Å². The number of amides is 2. The highest BCUT2D eigenvalue weighted by atomic mass is 16.4. The number of urea groups is 1. The predicted molar refractivity (Wildman–Crippen MR) is 77.0 cm³/mol. The average Bonchev–Trinajstić information content (AvgIpc) is 2.45. The average molecular weight is 292 g/mol. The van der Waals surface area contributed by atoms with Crippen LogP contribution in [0.4, 0.5) is 4.79 Å². The number of aromatic carboxylic acids is 1. The van der Waals surface area contributed by atoms with Gasteiger partial charge >= 0.3 is 12.0 Å². The van der Waals surface area contributed by atoms with Crippen LogP contribution >= 0.6 is 0 Å². The lowest BCUT2D eigenvalue weighted by molar-refractivity contribution is -0.0678. The quantitative estimate of drug-likeness (QED) is 0.673. The number of carboxylic acids is 1. The summed E-state index contributed by atoms with van der Waals surface area (Å²) in [6.07, 6.45) is 0.180. The fraction of sp³-hybridized carbons (Fsp3) is 0.467. The first-order valence-electron chi connectivity index (χ1n) is 6.85. The molecule has 0 aliphatic heterocycles. The molecule has 114 valence electrons. The first-order valence-corrected chi connectivity index (χ1v) is 6.85. The summed E-state index contributed by atoms with van der Waals surface area (Å²) < 4.78 is 0. The molecule has 0 heterocycles. The zero-order chi connectivity index (χ0) is 15.6. The van der Waals surface area contributed by atoms with Gasteiger partial charge in [0.2, 0.25) is 0 Å². The van der Waals surface area contributed by atoms with Crippen LogP contribution in [-0.4, -0.2) is 34.4 Å². The fourth-order valence-electron chi connectivity index (χ4n) is 2.30. The molecule has 1 fully saturated rings. The Morgan fingerprint density at radius 3 is 2.38 bits per heavy atom. The van der Waals surface area contributed by atoms with Gasteiger partial charge in [0.05, 0.1) is 11.7 Å². The molecular formula is C15H20N2O4. The van der Waals surface area contributed by atoms with Crippen molar-refractivity contribution < 1.29 is 19.8 Å². The molecule has 0 saturated heterocycles. The monoisotopic (exact) mass is 292 g/mol. The molecule has 21 heavy (non-hydrogen) atoms. The number of hydrogen-bond acceptors (Lipinski definition) is 3. The summed E-state index contributed by atoms with van der Waals surface area (Å²) in [5, 5.41) is 24.0. The number of carboxylic acid groups (broad SMARTS) is 1. The number of benzene rings is 1. The van der Waals surface area contributed by atoms with Gasteiger partial charge in [-0.1, -0.05) is 26.0 Å². The van der Waals surface area contributed by atoms with Gasteiger partial charge in [0, 0.05) is 18.0 Å². The number of carbonyl (C=O) groups is 2. The maximum atomic E-state index is 11.8. The van der Waals surface area contributed by atoms with Gasteiger partial charge in [0.1, 0.15) is 0 Å². The van der Waals surface area contributed by atoms with Gasteiger partial charge in [-0.25, -0.2) is 9.59 Å². The van der Waals surface area contributed by atoms with E-state index in [1.807, 2.05) is 13.8 Å². The molecule has 4 N–H and O–H groups in total. The van der Waals surface area contributed by atoms with Gasteiger partial charge in [-0.15, -0.1) is 0 Å². The lowest BCUT2D eigenvalue weighted by Crippen LogP contribution is -2.62. The summed E-state index contributed by atoms with van der Waals surface area (Å²) in [7, 11) is 0. The molecule has 6 nitrogen and oxygen atoms in total. The molecule has 0 radical (unpaired) electrons. The minimum absolute atomic E-state index is 0.0399. The maximum absolute atomic E-state index is 11.8. The molecule has 1 aliphatic rings. The van der Waals surface area contributed by atoms with Gasteiger partial charge in [-0.3, -0.25) is 0 Å². The second kappa shape index (κ2) is 5.73. The van der Waals surface area contributed by atoms with Crippen molar-refractivity contribution in [1.29, 1.82) is 0 Å². The first kappa shape index (κ1) is 15.3. The number of nitrogens with one attached hydrogen (secondary N) is 2. The van der Waals surface area contributed by atoms with E-state index >= 15 is 0 Å². The Balaban J connectivity index is 1.80. The van der Waals surface area contributed by atoms with E-state index < -0.39 is 5.97 Å². The van der Waals surface area contributed by atoms with Gasteiger partial charge in [-0.05, 0) is 24.1 Å². The summed E-state index contributed by atoms with van der Waals surface area (Å²) in [5.74, 6) is -0.974. The summed E-state index contributed by atoms with van der Waals surface area (Å²) in [4.78, 5) is 22.5. The number of aliphatic hydroxyl groups excluding tert-OH is 1. The van der Waals surface area contributed by atoms with E-state index in [1.165, 1.54) is 12.1 Å². The van der Waals surface area contributed by atoms with Gasteiger partial charge < -0.3 is 20.8 Å². The Morgan fingerprint density at radius 1 is 1.29 bits per heavy atom. The Morgan fingerprint density at radius 2 is 1.90 bits per heavy atom. The molecule has 0 bridgehead atoms. The van der Waals surface area contributed by atoms with Crippen LogP contribution in [-0.2, 0) is 6.54 Å². The van der Waals surface area contributed by atoms with Crippen molar-refractivity contribution in [3.05, 3.63) is 35.4 Å². The molecule has 1 saturated carbocycles. The van der Waals surface area contributed by atoms with E-state index in [0.29, 0.717) is 13.0 Å². The molecule has 0 aromatic heterocycles. The summed E-state index contributed by atoms with van der Waals surface area (Å²) in [6, 6.07) is 6.01. The maximum Gasteiger partial charge on any atom is 0.335 e. The van der Waals surface area contributed by atoms with Crippen LogP contribution in [0.15, 0.2) is 24.3 Å². The molecule has 2 amide bonds. The number of hydrogen-bond donors (Lipinski definition) is 4.